The monoisotopic (exact) mass is 310 g/mol. The number of carbonyl (C=O) groups excluding carboxylic acids is 1. The van der Waals surface area contributed by atoms with Crippen LogP contribution in [0.3, 0.4) is 0 Å². The van der Waals surface area contributed by atoms with Crippen molar-refractivity contribution >= 4 is 15.9 Å². The third kappa shape index (κ3) is 4.28. The Balaban J connectivity index is 1.94. The van der Waals surface area contributed by atoms with Crippen molar-refractivity contribution in [3.8, 4) is 0 Å². The van der Waals surface area contributed by atoms with Crippen molar-refractivity contribution in [3.05, 3.63) is 29.8 Å². The summed E-state index contributed by atoms with van der Waals surface area (Å²) in [5, 5.41) is 7.96. The fourth-order valence-electron chi connectivity index (χ4n) is 2.82. The normalized spacial score (nSPS) is 22.8. The molecular weight excluding hydrogens is 288 g/mol. The number of nitrogens with two attached hydrogens (primary N) is 1. The Morgan fingerprint density at radius 2 is 1.86 bits per heavy atom. The summed E-state index contributed by atoms with van der Waals surface area (Å²) in [6.45, 7) is 2.91. The Labute approximate surface area is 126 Å². The number of amides is 1. The van der Waals surface area contributed by atoms with Gasteiger partial charge in [0.05, 0.1) is 4.90 Å². The molecule has 3 N–H and O–H groups in total. The minimum atomic E-state index is -3.71. The molecule has 1 amide bonds. The van der Waals surface area contributed by atoms with Crippen LogP contribution in [0.15, 0.2) is 29.2 Å². The summed E-state index contributed by atoms with van der Waals surface area (Å²) in [4.78, 5) is 12.1. The Hall–Kier alpha value is -1.40. The Bertz CT molecular complexity index is 596. The fraction of sp³-hybridized carbons (Fsp3) is 0.533. The summed E-state index contributed by atoms with van der Waals surface area (Å²) >= 11 is 0. The second-order valence-corrected chi connectivity index (χ2v) is 7.36. The van der Waals surface area contributed by atoms with Crippen molar-refractivity contribution in [1.29, 1.82) is 0 Å². The number of rotatable bonds is 4. The van der Waals surface area contributed by atoms with Gasteiger partial charge in [-0.25, -0.2) is 13.6 Å². The van der Waals surface area contributed by atoms with E-state index in [0.717, 1.165) is 6.42 Å². The van der Waals surface area contributed by atoms with E-state index in [2.05, 4.69) is 12.2 Å². The Kier molecular flexibility index (Phi) is 5.00. The highest BCUT2D eigenvalue weighted by atomic mass is 32.2. The lowest BCUT2D eigenvalue weighted by Crippen LogP contribution is -2.33. The number of hydrogen-bond donors (Lipinski definition) is 2. The Morgan fingerprint density at radius 1 is 1.24 bits per heavy atom. The second kappa shape index (κ2) is 6.58. The van der Waals surface area contributed by atoms with Crippen LogP contribution in [0.1, 0.15) is 43.0 Å². The summed E-state index contributed by atoms with van der Waals surface area (Å²) in [7, 11) is -3.71. The summed E-state index contributed by atoms with van der Waals surface area (Å²) in [5.74, 6) is 1.00. The number of nitrogens with one attached hydrogen (secondary N) is 1. The minimum absolute atomic E-state index is 0.0138. The second-order valence-electron chi connectivity index (χ2n) is 5.80. The van der Waals surface area contributed by atoms with Gasteiger partial charge in [-0.1, -0.05) is 26.2 Å². The van der Waals surface area contributed by atoms with Crippen molar-refractivity contribution in [3.63, 3.8) is 0 Å². The molecule has 21 heavy (non-hydrogen) atoms. The van der Waals surface area contributed by atoms with Crippen molar-refractivity contribution in [1.82, 2.24) is 5.32 Å². The molecule has 1 aliphatic carbocycles. The molecule has 0 aromatic heterocycles. The predicted octanol–water partition coefficient (Wildman–Crippen LogP) is 1.89. The van der Waals surface area contributed by atoms with Gasteiger partial charge >= 0.3 is 0 Å². The van der Waals surface area contributed by atoms with Gasteiger partial charge in [0.2, 0.25) is 10.0 Å². The first-order chi connectivity index (χ1) is 9.88. The number of sulfonamides is 1. The van der Waals surface area contributed by atoms with E-state index in [-0.39, 0.29) is 10.8 Å². The average Bonchev–Trinajstić information content (AvgIpc) is 2.45. The lowest BCUT2D eigenvalue weighted by Gasteiger charge is -2.28. The third-order valence-electron chi connectivity index (χ3n) is 4.26. The van der Waals surface area contributed by atoms with Crippen LogP contribution in [0.2, 0.25) is 0 Å². The molecule has 1 aromatic rings. The van der Waals surface area contributed by atoms with Gasteiger partial charge in [0.25, 0.3) is 5.91 Å². The molecule has 6 heteroatoms. The highest BCUT2D eigenvalue weighted by molar-refractivity contribution is 7.89. The zero-order valence-corrected chi connectivity index (χ0v) is 13.0. The van der Waals surface area contributed by atoms with Crippen LogP contribution in [0.5, 0.6) is 0 Å². The molecule has 0 saturated heterocycles. The first-order valence-corrected chi connectivity index (χ1v) is 8.83. The van der Waals surface area contributed by atoms with Crippen molar-refractivity contribution < 1.29 is 13.2 Å². The van der Waals surface area contributed by atoms with E-state index < -0.39 is 10.0 Å². The Morgan fingerprint density at radius 3 is 2.43 bits per heavy atom. The minimum Gasteiger partial charge on any atom is -0.352 e. The number of carbonyl (C=O) groups is 1. The van der Waals surface area contributed by atoms with Gasteiger partial charge < -0.3 is 5.32 Å². The molecule has 2 rings (SSSR count). The van der Waals surface area contributed by atoms with Gasteiger partial charge in [-0.05, 0) is 42.5 Å². The molecule has 116 valence electrons. The van der Waals surface area contributed by atoms with Crippen LogP contribution in [0.25, 0.3) is 0 Å². The predicted molar refractivity (Wildman–Crippen MR) is 81.3 cm³/mol. The van der Waals surface area contributed by atoms with E-state index in [9.17, 15) is 13.2 Å². The molecule has 0 radical (unpaired) electrons. The lowest BCUT2D eigenvalue weighted by atomic mass is 9.80. The van der Waals surface area contributed by atoms with Crippen LogP contribution in [0.4, 0.5) is 0 Å². The molecule has 1 aromatic carbocycles. The molecule has 0 aliphatic heterocycles. The van der Waals surface area contributed by atoms with Crippen LogP contribution in [-0.4, -0.2) is 20.9 Å². The fourth-order valence-corrected chi connectivity index (χ4v) is 3.33. The smallest absolute Gasteiger partial charge is 0.251 e. The van der Waals surface area contributed by atoms with E-state index in [4.69, 9.17) is 5.14 Å². The van der Waals surface area contributed by atoms with Crippen molar-refractivity contribution in [2.24, 2.45) is 17.0 Å². The topological polar surface area (TPSA) is 89.3 Å². The standard InChI is InChI=1S/C15H22N2O3S/c1-11-4-2-3-5-13(11)10-17-15(18)12-6-8-14(9-7-12)21(16,19)20/h6-9,11,13H,2-5,10H2,1H3,(H,17,18)(H2,16,19,20). The summed E-state index contributed by atoms with van der Waals surface area (Å²) in [6, 6.07) is 5.68. The maximum Gasteiger partial charge on any atom is 0.251 e. The first-order valence-electron chi connectivity index (χ1n) is 7.29. The summed E-state index contributed by atoms with van der Waals surface area (Å²) < 4.78 is 22.3. The summed E-state index contributed by atoms with van der Waals surface area (Å²) in [5.41, 5.74) is 0.450. The van der Waals surface area contributed by atoms with E-state index in [1.54, 1.807) is 0 Å². The number of primary sulfonamides is 1. The zero-order valence-electron chi connectivity index (χ0n) is 12.2. The van der Waals surface area contributed by atoms with Gasteiger partial charge in [-0.15, -0.1) is 0 Å². The van der Waals surface area contributed by atoms with Crippen LogP contribution in [-0.2, 0) is 10.0 Å². The van der Waals surface area contributed by atoms with Gasteiger partial charge in [0, 0.05) is 12.1 Å². The van der Waals surface area contributed by atoms with E-state index >= 15 is 0 Å². The highest BCUT2D eigenvalue weighted by Crippen LogP contribution is 2.28. The molecule has 5 nitrogen and oxygen atoms in total. The molecular formula is C15H22N2O3S. The molecule has 2 unspecified atom stereocenters. The van der Waals surface area contributed by atoms with Crippen LogP contribution >= 0.6 is 0 Å². The van der Waals surface area contributed by atoms with Crippen LogP contribution in [0, 0.1) is 11.8 Å². The summed E-state index contributed by atoms with van der Waals surface area (Å²) in [6.07, 6.45) is 4.89. The maximum absolute atomic E-state index is 12.1. The molecule has 0 bridgehead atoms. The molecule has 0 spiro atoms. The van der Waals surface area contributed by atoms with E-state index in [0.29, 0.717) is 23.9 Å². The highest BCUT2D eigenvalue weighted by Gasteiger charge is 2.21. The molecule has 1 fully saturated rings. The zero-order chi connectivity index (χ0) is 15.5. The number of benzene rings is 1. The lowest BCUT2D eigenvalue weighted by molar-refractivity contribution is 0.0936. The third-order valence-corrected chi connectivity index (χ3v) is 5.19. The first kappa shape index (κ1) is 16.0. The van der Waals surface area contributed by atoms with Crippen molar-refractivity contribution in [2.45, 2.75) is 37.5 Å². The SMILES string of the molecule is CC1CCCCC1CNC(=O)c1ccc(S(N)(=O)=O)cc1. The van der Waals surface area contributed by atoms with Crippen molar-refractivity contribution in [2.75, 3.05) is 6.54 Å². The van der Waals surface area contributed by atoms with E-state index in [1.807, 2.05) is 0 Å². The largest absolute Gasteiger partial charge is 0.352 e. The maximum atomic E-state index is 12.1. The van der Waals surface area contributed by atoms with E-state index in [1.165, 1.54) is 43.5 Å². The quantitative estimate of drug-likeness (QED) is 0.890. The molecule has 0 heterocycles. The average molecular weight is 310 g/mol. The van der Waals surface area contributed by atoms with Gasteiger partial charge in [0.15, 0.2) is 0 Å². The molecule has 1 saturated carbocycles. The number of hydrogen-bond acceptors (Lipinski definition) is 3. The molecule has 1 aliphatic rings. The van der Waals surface area contributed by atoms with Gasteiger partial charge in [-0.3, -0.25) is 4.79 Å². The molecule has 2 atom stereocenters. The van der Waals surface area contributed by atoms with Gasteiger partial charge in [-0.2, -0.15) is 0 Å². The van der Waals surface area contributed by atoms with Crippen LogP contribution < -0.4 is 10.5 Å². The van der Waals surface area contributed by atoms with Gasteiger partial charge in [0.1, 0.15) is 0 Å².